The van der Waals surface area contributed by atoms with E-state index in [4.69, 9.17) is 9.84 Å². The van der Waals surface area contributed by atoms with Crippen molar-refractivity contribution in [2.75, 3.05) is 0 Å². The fraction of sp³-hybridized carbons (Fsp3) is 0.927. The van der Waals surface area contributed by atoms with Crippen molar-refractivity contribution in [2.24, 2.45) is 40.4 Å². The fourth-order valence-corrected chi connectivity index (χ4v) is 10.4. The number of rotatable bonds is 18. The van der Waals surface area contributed by atoms with Crippen molar-refractivity contribution in [1.29, 1.82) is 0 Å². The van der Waals surface area contributed by atoms with Crippen molar-refractivity contribution < 1.29 is 24.2 Å². The van der Waals surface area contributed by atoms with E-state index < -0.39 is 5.97 Å². The molecule has 4 saturated carbocycles. The first-order valence-corrected chi connectivity index (χ1v) is 20.0. The smallest absolute Gasteiger partial charge is 0.305 e. The van der Waals surface area contributed by atoms with Gasteiger partial charge >= 0.3 is 11.9 Å². The Morgan fingerprint density at radius 2 is 1.28 bits per heavy atom. The SMILES string of the molecule is CCC(=O)O[C@H]1CC[C@H]2[C@@H]3CC[C@H]4CC(=O)[C@H](C)C[C@]4(C)[C@H]3CC[C@]12C.CCCCCCCCCCCCCCCCCC(=O)O. The third kappa shape index (κ3) is 10.8. The molecule has 0 aliphatic heterocycles. The molecule has 1 N–H and O–H groups in total. The van der Waals surface area contributed by atoms with E-state index in [2.05, 4.69) is 27.7 Å². The number of esters is 1. The van der Waals surface area contributed by atoms with Crippen LogP contribution in [-0.4, -0.2) is 28.9 Å². The molecule has 4 aliphatic rings. The predicted molar refractivity (Wildman–Crippen MR) is 189 cm³/mol. The largest absolute Gasteiger partial charge is 0.481 e. The summed E-state index contributed by atoms with van der Waals surface area (Å²) in [5.74, 6) is 2.88. The summed E-state index contributed by atoms with van der Waals surface area (Å²) in [6.07, 6.45) is 29.9. The maximum Gasteiger partial charge on any atom is 0.305 e. The molecule has 0 spiro atoms. The Hall–Kier alpha value is -1.39. The van der Waals surface area contributed by atoms with E-state index in [1.165, 1.54) is 116 Å². The third-order valence-electron chi connectivity index (χ3n) is 13.3. The minimum Gasteiger partial charge on any atom is -0.481 e. The first-order valence-electron chi connectivity index (χ1n) is 20.0. The second-order valence-corrected chi connectivity index (χ2v) is 16.5. The Kier molecular flexibility index (Phi) is 16.6. The first kappa shape index (κ1) is 39.1. The normalized spacial score (nSPS) is 33.3. The van der Waals surface area contributed by atoms with Gasteiger partial charge < -0.3 is 9.84 Å². The topological polar surface area (TPSA) is 80.7 Å². The molecular formula is C41H72O5. The van der Waals surface area contributed by atoms with Gasteiger partial charge in [0.2, 0.25) is 0 Å². The average Bonchev–Trinajstić information content (AvgIpc) is 3.35. The molecule has 0 heterocycles. The number of aliphatic carboxylic acids is 1. The maximum atomic E-state index is 12.3. The number of ketones is 1. The minimum atomic E-state index is -0.653. The van der Waals surface area contributed by atoms with Crippen LogP contribution in [-0.2, 0) is 19.1 Å². The van der Waals surface area contributed by atoms with Crippen LogP contribution >= 0.6 is 0 Å². The van der Waals surface area contributed by atoms with Gasteiger partial charge in [0.25, 0.3) is 0 Å². The summed E-state index contributed by atoms with van der Waals surface area (Å²) in [7, 11) is 0. The Morgan fingerprint density at radius 1 is 0.739 bits per heavy atom. The predicted octanol–water partition coefficient (Wildman–Crippen LogP) is 11.5. The van der Waals surface area contributed by atoms with Crippen LogP contribution in [0.5, 0.6) is 0 Å². The van der Waals surface area contributed by atoms with Crippen LogP contribution in [0.4, 0.5) is 0 Å². The maximum absolute atomic E-state index is 12.3. The highest BCUT2D eigenvalue weighted by atomic mass is 16.5. The molecule has 4 fully saturated rings. The first-order chi connectivity index (χ1) is 22.1. The lowest BCUT2D eigenvalue weighted by Gasteiger charge is -2.60. The number of carbonyl (C=O) groups excluding carboxylic acids is 2. The lowest BCUT2D eigenvalue weighted by Crippen LogP contribution is -2.55. The Labute approximate surface area is 283 Å². The monoisotopic (exact) mass is 645 g/mol. The molecule has 0 bridgehead atoms. The van der Waals surface area contributed by atoms with Crippen molar-refractivity contribution in [3.8, 4) is 0 Å². The summed E-state index contributed by atoms with van der Waals surface area (Å²) < 4.78 is 5.89. The van der Waals surface area contributed by atoms with Crippen molar-refractivity contribution in [3.63, 3.8) is 0 Å². The van der Waals surface area contributed by atoms with Gasteiger partial charge in [-0.15, -0.1) is 0 Å². The number of carboxylic acid groups (broad SMARTS) is 1. The van der Waals surface area contributed by atoms with Crippen LogP contribution in [0, 0.1) is 40.4 Å². The summed E-state index contributed by atoms with van der Waals surface area (Å²) in [6, 6.07) is 0. The van der Waals surface area contributed by atoms with Gasteiger partial charge in [-0.2, -0.15) is 0 Å². The second-order valence-electron chi connectivity index (χ2n) is 16.5. The molecular weight excluding hydrogens is 572 g/mol. The summed E-state index contributed by atoms with van der Waals surface area (Å²) in [4.78, 5) is 34.6. The Balaban J connectivity index is 0.000000262. The molecule has 0 saturated heterocycles. The second kappa shape index (κ2) is 19.6. The zero-order valence-electron chi connectivity index (χ0n) is 30.7. The molecule has 0 aromatic rings. The highest BCUT2D eigenvalue weighted by Crippen LogP contribution is 2.66. The van der Waals surface area contributed by atoms with Crippen molar-refractivity contribution in [2.45, 2.75) is 201 Å². The van der Waals surface area contributed by atoms with Gasteiger partial charge in [0.05, 0.1) is 0 Å². The van der Waals surface area contributed by atoms with Gasteiger partial charge in [0, 0.05) is 30.6 Å². The lowest BCUT2D eigenvalue weighted by molar-refractivity contribution is -0.165. The van der Waals surface area contributed by atoms with Gasteiger partial charge in [-0.05, 0) is 80.5 Å². The Bertz CT molecular complexity index is 930. The van der Waals surface area contributed by atoms with E-state index >= 15 is 0 Å². The molecule has 46 heavy (non-hydrogen) atoms. The van der Waals surface area contributed by atoms with E-state index in [1.807, 2.05) is 6.92 Å². The van der Waals surface area contributed by atoms with Gasteiger partial charge in [-0.3, -0.25) is 14.4 Å². The quantitative estimate of drug-likeness (QED) is 0.119. The summed E-state index contributed by atoms with van der Waals surface area (Å²) in [5, 5.41) is 8.52. The van der Waals surface area contributed by atoms with Crippen LogP contribution in [0.25, 0.3) is 0 Å². The number of ether oxygens (including phenoxy) is 1. The summed E-state index contributed by atoms with van der Waals surface area (Å²) in [5.41, 5.74) is 0.515. The summed E-state index contributed by atoms with van der Waals surface area (Å²) >= 11 is 0. The van der Waals surface area contributed by atoms with Crippen LogP contribution < -0.4 is 0 Å². The van der Waals surface area contributed by atoms with Gasteiger partial charge in [0.1, 0.15) is 11.9 Å². The van der Waals surface area contributed by atoms with E-state index in [1.54, 1.807) is 0 Å². The van der Waals surface area contributed by atoms with E-state index in [-0.39, 0.29) is 23.4 Å². The molecule has 4 aliphatic carbocycles. The Morgan fingerprint density at radius 3 is 1.83 bits per heavy atom. The standard InChI is InChI=1S/C23H36O3.C18H36O2/c1-5-21(25)26-20-9-8-17-16-7-6-15-12-19(24)14(2)13-23(15,4)18(16)10-11-22(17,20)3;1-2-3-4-5-6-7-8-9-10-11-12-13-14-15-16-17-18(19)20/h14-18,20H,5-13H2,1-4H3;2-17H2,1H3,(H,19,20)/t14-,15+,16+,17+,18+,20+,22+,23+;/m1./s1. The molecule has 266 valence electrons. The number of hydrogen-bond donors (Lipinski definition) is 1. The summed E-state index contributed by atoms with van der Waals surface area (Å²) in [6.45, 7) is 11.2. The number of Topliss-reactive ketones (excluding diaryl/α,β-unsaturated/α-hetero) is 1. The molecule has 0 radical (unpaired) electrons. The van der Waals surface area contributed by atoms with Crippen LogP contribution in [0.2, 0.25) is 0 Å². The highest BCUT2D eigenvalue weighted by molar-refractivity contribution is 5.82. The molecule has 5 heteroatoms. The number of carbonyl (C=O) groups is 3. The highest BCUT2D eigenvalue weighted by Gasteiger charge is 2.61. The number of fused-ring (bicyclic) bond motifs is 5. The van der Waals surface area contributed by atoms with Crippen molar-refractivity contribution in [3.05, 3.63) is 0 Å². The number of carboxylic acids is 1. The third-order valence-corrected chi connectivity index (χ3v) is 13.3. The lowest BCUT2D eigenvalue weighted by atomic mass is 9.44. The van der Waals surface area contributed by atoms with E-state index in [9.17, 15) is 14.4 Å². The fourth-order valence-electron chi connectivity index (χ4n) is 10.4. The van der Waals surface area contributed by atoms with Crippen molar-refractivity contribution in [1.82, 2.24) is 0 Å². The molecule has 5 nitrogen and oxygen atoms in total. The van der Waals surface area contributed by atoms with E-state index in [0.29, 0.717) is 35.9 Å². The number of hydrogen-bond acceptors (Lipinski definition) is 4. The van der Waals surface area contributed by atoms with E-state index in [0.717, 1.165) is 43.9 Å². The molecule has 8 atom stereocenters. The van der Waals surface area contributed by atoms with Crippen molar-refractivity contribution >= 4 is 17.7 Å². The zero-order valence-corrected chi connectivity index (χ0v) is 30.7. The zero-order chi connectivity index (χ0) is 33.6. The van der Waals surface area contributed by atoms with Gasteiger partial charge in [-0.1, -0.05) is 125 Å². The molecule has 0 amide bonds. The molecule has 0 unspecified atom stereocenters. The van der Waals surface area contributed by atoms with Crippen LogP contribution in [0.1, 0.15) is 195 Å². The number of unbranched alkanes of at least 4 members (excludes halogenated alkanes) is 14. The minimum absolute atomic E-state index is 0.0331. The van der Waals surface area contributed by atoms with Crippen LogP contribution in [0.15, 0.2) is 0 Å². The molecule has 4 rings (SSSR count). The van der Waals surface area contributed by atoms with Crippen LogP contribution in [0.3, 0.4) is 0 Å². The molecule has 0 aromatic carbocycles. The molecule has 0 aromatic heterocycles. The average molecular weight is 645 g/mol. The van der Waals surface area contributed by atoms with Gasteiger partial charge in [0.15, 0.2) is 0 Å². The van der Waals surface area contributed by atoms with Gasteiger partial charge in [-0.25, -0.2) is 0 Å².